The number of ether oxygens (including phenoxy) is 2. The second-order valence-corrected chi connectivity index (χ2v) is 7.50. The van der Waals surface area contributed by atoms with Crippen molar-refractivity contribution in [2.45, 2.75) is 19.0 Å². The van der Waals surface area contributed by atoms with Crippen LogP contribution in [-0.4, -0.2) is 73.2 Å². The third-order valence-electron chi connectivity index (χ3n) is 5.52. The Kier molecular flexibility index (Phi) is 8.85. The molecule has 9 heteroatoms. The highest BCUT2D eigenvalue weighted by Gasteiger charge is 2.30. The van der Waals surface area contributed by atoms with Crippen molar-refractivity contribution in [2.24, 2.45) is 4.99 Å². The van der Waals surface area contributed by atoms with Crippen LogP contribution >= 0.6 is 24.0 Å². The number of nitrogens with zero attached hydrogens (tertiary/aromatic N) is 4. The summed E-state index contributed by atoms with van der Waals surface area (Å²) in [5.41, 5.74) is 1.03. The maximum Gasteiger partial charge on any atom is 0.219 e. The monoisotopic (exact) mass is 541 g/mol. The van der Waals surface area contributed by atoms with Crippen LogP contribution in [0.2, 0.25) is 0 Å². The molecule has 0 amide bonds. The Morgan fingerprint density at radius 1 is 1.19 bits per heavy atom. The lowest BCUT2D eigenvalue weighted by Crippen LogP contribution is -2.46. The molecule has 0 saturated carbocycles. The fourth-order valence-electron chi connectivity index (χ4n) is 3.89. The quantitative estimate of drug-likeness (QED) is 0.357. The molecule has 1 aromatic heterocycles. The summed E-state index contributed by atoms with van der Waals surface area (Å²) in [7, 11) is 1.82. The van der Waals surface area contributed by atoms with Gasteiger partial charge in [0.25, 0.3) is 0 Å². The maximum absolute atomic E-state index is 13.0. The highest BCUT2D eigenvalue weighted by molar-refractivity contribution is 14.0. The molecule has 1 aromatic carbocycles. The lowest BCUT2D eigenvalue weighted by atomic mass is 10.2. The van der Waals surface area contributed by atoms with Crippen molar-refractivity contribution in [3.63, 3.8) is 0 Å². The number of aromatic nitrogens is 1. The number of aliphatic imine (C=N–C) groups is 1. The molecule has 2 aromatic rings. The average Bonchev–Trinajstić information content (AvgIpc) is 3.28. The van der Waals surface area contributed by atoms with E-state index < -0.39 is 0 Å². The number of hydrogen-bond donors (Lipinski definition) is 1. The largest absolute Gasteiger partial charge is 0.439 e. The van der Waals surface area contributed by atoms with E-state index in [9.17, 15) is 4.39 Å². The van der Waals surface area contributed by atoms with Crippen LogP contribution in [0, 0.1) is 5.82 Å². The van der Waals surface area contributed by atoms with Crippen molar-refractivity contribution in [1.29, 1.82) is 0 Å². The van der Waals surface area contributed by atoms with Gasteiger partial charge in [0, 0.05) is 58.1 Å². The first-order valence-electron chi connectivity index (χ1n) is 10.4. The molecule has 168 valence electrons. The summed E-state index contributed by atoms with van der Waals surface area (Å²) < 4.78 is 24.1. The van der Waals surface area contributed by atoms with Crippen LogP contribution in [0.3, 0.4) is 0 Å². The third-order valence-corrected chi connectivity index (χ3v) is 5.52. The normalized spacial score (nSPS) is 19.7. The first-order valence-corrected chi connectivity index (χ1v) is 10.4. The molecule has 3 heterocycles. The Morgan fingerprint density at radius 2 is 1.97 bits per heavy atom. The Bertz CT molecular complexity index is 844. The zero-order valence-corrected chi connectivity index (χ0v) is 20.0. The van der Waals surface area contributed by atoms with Gasteiger partial charge in [0.2, 0.25) is 5.88 Å². The number of hydrogen-bond acceptors (Lipinski definition) is 5. The van der Waals surface area contributed by atoms with Crippen LogP contribution in [0.5, 0.6) is 11.6 Å². The van der Waals surface area contributed by atoms with Gasteiger partial charge in [0.15, 0.2) is 5.96 Å². The van der Waals surface area contributed by atoms with E-state index >= 15 is 0 Å². The number of halogens is 2. The summed E-state index contributed by atoms with van der Waals surface area (Å²) in [6.07, 6.45) is 2.93. The second kappa shape index (κ2) is 11.6. The predicted molar refractivity (Wildman–Crippen MR) is 129 cm³/mol. The molecule has 0 radical (unpaired) electrons. The number of benzene rings is 1. The number of nitrogens with one attached hydrogen (secondary N) is 1. The van der Waals surface area contributed by atoms with Crippen LogP contribution in [0.25, 0.3) is 0 Å². The minimum Gasteiger partial charge on any atom is -0.439 e. The molecule has 0 aliphatic carbocycles. The molecule has 1 N–H and O–H groups in total. The van der Waals surface area contributed by atoms with Crippen LogP contribution in [0.4, 0.5) is 4.39 Å². The van der Waals surface area contributed by atoms with Gasteiger partial charge in [0.1, 0.15) is 11.6 Å². The predicted octanol–water partition coefficient (Wildman–Crippen LogP) is 3.11. The minimum absolute atomic E-state index is 0. The zero-order chi connectivity index (χ0) is 20.8. The first kappa shape index (κ1) is 23.7. The number of pyridine rings is 1. The van der Waals surface area contributed by atoms with Gasteiger partial charge in [-0.3, -0.25) is 9.89 Å². The van der Waals surface area contributed by atoms with E-state index in [0.29, 0.717) is 24.2 Å². The van der Waals surface area contributed by atoms with Gasteiger partial charge in [-0.2, -0.15) is 0 Å². The number of morpholine rings is 1. The van der Waals surface area contributed by atoms with Crippen molar-refractivity contribution in [1.82, 2.24) is 20.1 Å². The van der Waals surface area contributed by atoms with Crippen LogP contribution in [0.15, 0.2) is 47.6 Å². The molecule has 2 saturated heterocycles. The Labute approximate surface area is 199 Å². The molecule has 2 fully saturated rings. The van der Waals surface area contributed by atoms with Crippen molar-refractivity contribution < 1.29 is 13.9 Å². The molecule has 4 rings (SSSR count). The Hall–Kier alpha value is -1.98. The molecule has 0 spiro atoms. The molecule has 7 nitrogen and oxygen atoms in total. The molecule has 0 bridgehead atoms. The fourth-order valence-corrected chi connectivity index (χ4v) is 3.89. The van der Waals surface area contributed by atoms with E-state index in [4.69, 9.17) is 9.47 Å². The zero-order valence-electron chi connectivity index (χ0n) is 17.7. The fraction of sp³-hybridized carbons (Fsp3) is 0.455. The molecular weight excluding hydrogens is 512 g/mol. The standard InChI is InChI=1S/C22H28FN5O2.HI/c1-24-22(28-9-8-19(16-28)27-10-12-29-13-11-27)26-15-17-2-7-21(25-14-17)30-20-5-3-18(23)4-6-20;/h2-7,14,19H,8-13,15-16H2,1H3,(H,24,26);1H. The highest BCUT2D eigenvalue weighted by atomic mass is 127. The van der Waals surface area contributed by atoms with Gasteiger partial charge < -0.3 is 19.7 Å². The Balaban J connectivity index is 0.00000272. The molecule has 1 atom stereocenters. The second-order valence-electron chi connectivity index (χ2n) is 7.50. The molecule has 2 aliphatic heterocycles. The van der Waals surface area contributed by atoms with Crippen molar-refractivity contribution in [3.05, 3.63) is 54.0 Å². The van der Waals surface area contributed by atoms with Crippen LogP contribution in [0.1, 0.15) is 12.0 Å². The van der Waals surface area contributed by atoms with E-state index in [1.54, 1.807) is 18.3 Å². The van der Waals surface area contributed by atoms with Gasteiger partial charge in [-0.05, 0) is 36.2 Å². The van der Waals surface area contributed by atoms with E-state index in [2.05, 4.69) is 25.1 Å². The van der Waals surface area contributed by atoms with Crippen LogP contribution in [-0.2, 0) is 11.3 Å². The van der Waals surface area contributed by atoms with E-state index in [0.717, 1.165) is 57.3 Å². The summed E-state index contributed by atoms with van der Waals surface area (Å²) >= 11 is 0. The maximum atomic E-state index is 13.0. The topological polar surface area (TPSA) is 62.2 Å². The lowest BCUT2D eigenvalue weighted by Gasteiger charge is -2.32. The summed E-state index contributed by atoms with van der Waals surface area (Å²) in [5, 5.41) is 3.44. The molecule has 2 aliphatic rings. The molecule has 1 unspecified atom stereocenters. The van der Waals surface area contributed by atoms with Crippen molar-refractivity contribution in [2.75, 3.05) is 46.4 Å². The number of rotatable bonds is 5. The van der Waals surface area contributed by atoms with E-state index in [-0.39, 0.29) is 29.8 Å². The van der Waals surface area contributed by atoms with E-state index in [1.165, 1.54) is 12.1 Å². The highest BCUT2D eigenvalue weighted by Crippen LogP contribution is 2.20. The van der Waals surface area contributed by atoms with Gasteiger partial charge in [0.05, 0.1) is 13.2 Å². The van der Waals surface area contributed by atoms with Crippen LogP contribution < -0.4 is 10.1 Å². The number of likely N-dealkylation sites (tertiary alicyclic amines) is 1. The summed E-state index contributed by atoms with van der Waals surface area (Å²) in [4.78, 5) is 13.6. The van der Waals surface area contributed by atoms with Gasteiger partial charge in [-0.15, -0.1) is 24.0 Å². The first-order chi connectivity index (χ1) is 14.7. The Morgan fingerprint density at radius 3 is 2.65 bits per heavy atom. The molecular formula is C22H29FIN5O2. The van der Waals surface area contributed by atoms with Gasteiger partial charge in [-0.1, -0.05) is 6.07 Å². The molecule has 31 heavy (non-hydrogen) atoms. The van der Waals surface area contributed by atoms with Gasteiger partial charge >= 0.3 is 0 Å². The van der Waals surface area contributed by atoms with Gasteiger partial charge in [-0.25, -0.2) is 9.37 Å². The lowest BCUT2D eigenvalue weighted by molar-refractivity contribution is 0.0195. The summed E-state index contributed by atoms with van der Waals surface area (Å²) in [6.45, 7) is 6.32. The average molecular weight is 541 g/mol. The summed E-state index contributed by atoms with van der Waals surface area (Å²) in [6, 6.07) is 10.2. The minimum atomic E-state index is -0.292. The SMILES string of the molecule is CN=C(NCc1ccc(Oc2ccc(F)cc2)nc1)N1CCC(N2CCOCC2)C1.I. The smallest absolute Gasteiger partial charge is 0.219 e. The van der Waals surface area contributed by atoms with Crippen molar-refractivity contribution >= 4 is 29.9 Å². The van der Waals surface area contributed by atoms with E-state index in [1.807, 2.05) is 19.2 Å². The third kappa shape index (κ3) is 6.50. The number of guanidine groups is 1. The van der Waals surface area contributed by atoms with Crippen molar-refractivity contribution in [3.8, 4) is 11.6 Å². The summed E-state index contributed by atoms with van der Waals surface area (Å²) in [5.74, 6) is 1.65.